The van der Waals surface area contributed by atoms with E-state index in [9.17, 15) is 20.1 Å². The van der Waals surface area contributed by atoms with E-state index >= 15 is 0 Å². The van der Waals surface area contributed by atoms with Gasteiger partial charge in [-0.25, -0.2) is 9.78 Å². The SMILES string of the molecule is CCOC(=O)c1c(NC(=O)CCSc2nc(N)c(C#N)c(-c3cccs3)c2C#N)sc2c1CCCC2. The van der Waals surface area contributed by atoms with E-state index in [1.807, 2.05) is 17.5 Å². The number of fused-ring (bicyclic) bond motifs is 1. The normalized spacial score (nSPS) is 12.3. The van der Waals surface area contributed by atoms with Crippen molar-refractivity contribution in [1.29, 1.82) is 10.5 Å². The molecule has 3 heterocycles. The lowest BCUT2D eigenvalue weighted by Crippen LogP contribution is -2.16. The number of aryl methyl sites for hydroxylation is 1. The van der Waals surface area contributed by atoms with Crippen LogP contribution < -0.4 is 11.1 Å². The zero-order valence-corrected chi connectivity index (χ0v) is 22.0. The van der Waals surface area contributed by atoms with Crippen LogP contribution in [0, 0.1) is 22.7 Å². The van der Waals surface area contributed by atoms with Crippen molar-refractivity contribution in [2.45, 2.75) is 44.1 Å². The van der Waals surface area contributed by atoms with Crippen LogP contribution in [-0.4, -0.2) is 29.2 Å². The number of thiophene rings is 2. The summed E-state index contributed by atoms with van der Waals surface area (Å²) < 4.78 is 5.25. The summed E-state index contributed by atoms with van der Waals surface area (Å²) in [5.41, 5.74) is 8.42. The first-order valence-corrected chi connectivity index (χ1v) is 14.1. The largest absolute Gasteiger partial charge is 0.462 e. The number of pyridine rings is 1. The highest BCUT2D eigenvalue weighted by Crippen LogP contribution is 2.40. The number of nitrogens with one attached hydrogen (secondary N) is 1. The Morgan fingerprint density at radius 3 is 2.72 bits per heavy atom. The van der Waals surface area contributed by atoms with Crippen molar-refractivity contribution in [3.8, 4) is 22.6 Å². The predicted molar refractivity (Wildman–Crippen MR) is 142 cm³/mol. The molecule has 0 atom stereocenters. The molecule has 1 amide bonds. The number of hydrogen-bond donors (Lipinski definition) is 2. The van der Waals surface area contributed by atoms with Crippen LogP contribution in [0.5, 0.6) is 0 Å². The molecule has 1 aliphatic rings. The number of carbonyl (C=O) groups excluding carboxylic acids is 2. The topological polar surface area (TPSA) is 142 Å². The average molecular weight is 538 g/mol. The molecule has 0 bridgehead atoms. The smallest absolute Gasteiger partial charge is 0.341 e. The highest BCUT2D eigenvalue weighted by atomic mass is 32.2. The summed E-state index contributed by atoms with van der Waals surface area (Å²) in [6, 6.07) is 7.88. The number of amides is 1. The summed E-state index contributed by atoms with van der Waals surface area (Å²) in [5.74, 6) is -0.262. The number of aromatic nitrogens is 1. The van der Waals surface area contributed by atoms with Gasteiger partial charge in [-0.15, -0.1) is 34.4 Å². The average Bonchev–Trinajstić information content (AvgIpc) is 3.51. The molecule has 0 aliphatic heterocycles. The van der Waals surface area contributed by atoms with E-state index in [1.165, 1.54) is 34.4 Å². The van der Waals surface area contributed by atoms with Gasteiger partial charge in [0.05, 0.1) is 17.7 Å². The van der Waals surface area contributed by atoms with Crippen LogP contribution >= 0.6 is 34.4 Å². The third-order valence-electron chi connectivity index (χ3n) is 5.65. The van der Waals surface area contributed by atoms with Gasteiger partial charge in [0, 0.05) is 27.5 Å². The molecule has 0 saturated carbocycles. The standard InChI is InChI=1S/C25H23N5O3S3/c1-2-33-25(32)21-14-6-3-4-7-17(14)36-24(21)29-19(31)9-11-35-23-16(13-27)20(18-8-5-10-34-18)15(12-26)22(28)30-23/h5,8,10H,2-4,6-7,9,11H2,1H3,(H2,28,30)(H,29,31). The maximum atomic E-state index is 12.8. The third kappa shape index (κ3) is 5.24. The lowest BCUT2D eigenvalue weighted by molar-refractivity contribution is -0.115. The van der Waals surface area contributed by atoms with Gasteiger partial charge in [0.1, 0.15) is 33.5 Å². The Hall–Kier alpha value is -3.38. The van der Waals surface area contributed by atoms with Gasteiger partial charge in [0.15, 0.2) is 0 Å². The zero-order chi connectivity index (χ0) is 25.7. The van der Waals surface area contributed by atoms with Gasteiger partial charge in [-0.3, -0.25) is 4.79 Å². The van der Waals surface area contributed by atoms with E-state index in [0.717, 1.165) is 41.0 Å². The Labute approximate surface area is 221 Å². The monoisotopic (exact) mass is 537 g/mol. The molecular formula is C25H23N5O3S3. The molecule has 8 nitrogen and oxygen atoms in total. The van der Waals surface area contributed by atoms with Gasteiger partial charge >= 0.3 is 5.97 Å². The minimum Gasteiger partial charge on any atom is -0.462 e. The first kappa shape index (κ1) is 25.7. The Bertz CT molecular complexity index is 1380. The van der Waals surface area contributed by atoms with Crippen molar-refractivity contribution in [1.82, 2.24) is 4.98 Å². The fraction of sp³-hybridized carbons (Fsp3) is 0.320. The number of carbonyl (C=O) groups is 2. The molecule has 0 spiro atoms. The highest BCUT2D eigenvalue weighted by Gasteiger charge is 2.27. The van der Waals surface area contributed by atoms with Gasteiger partial charge < -0.3 is 15.8 Å². The minimum atomic E-state index is -0.404. The van der Waals surface area contributed by atoms with E-state index < -0.39 is 5.97 Å². The van der Waals surface area contributed by atoms with Crippen molar-refractivity contribution in [3.05, 3.63) is 44.6 Å². The zero-order valence-electron chi connectivity index (χ0n) is 19.6. The van der Waals surface area contributed by atoms with Gasteiger partial charge in [-0.05, 0) is 49.6 Å². The van der Waals surface area contributed by atoms with E-state index in [0.29, 0.717) is 26.9 Å². The number of nitrogen functional groups attached to an aromatic ring is 1. The quantitative estimate of drug-likeness (QED) is 0.288. The Morgan fingerprint density at radius 2 is 2.03 bits per heavy atom. The second kappa shape index (κ2) is 11.6. The number of thioether (sulfide) groups is 1. The van der Waals surface area contributed by atoms with E-state index in [1.54, 1.807) is 6.92 Å². The van der Waals surface area contributed by atoms with Crippen molar-refractivity contribution in [3.63, 3.8) is 0 Å². The molecule has 0 unspecified atom stereocenters. The summed E-state index contributed by atoms with van der Waals surface area (Å²) >= 11 is 4.08. The summed E-state index contributed by atoms with van der Waals surface area (Å²) in [4.78, 5) is 31.6. The number of esters is 1. The van der Waals surface area contributed by atoms with Crippen LogP contribution in [0.1, 0.15) is 58.1 Å². The lowest BCUT2D eigenvalue weighted by atomic mass is 9.95. The molecule has 0 saturated heterocycles. The summed E-state index contributed by atoms with van der Waals surface area (Å²) in [5, 5.41) is 25.1. The summed E-state index contributed by atoms with van der Waals surface area (Å²) in [6.07, 6.45) is 3.91. The maximum Gasteiger partial charge on any atom is 0.341 e. The van der Waals surface area contributed by atoms with Crippen LogP contribution in [0.4, 0.5) is 10.8 Å². The number of nitrogens with zero attached hydrogens (tertiary/aromatic N) is 3. The van der Waals surface area contributed by atoms with Crippen LogP contribution in [-0.2, 0) is 22.4 Å². The van der Waals surface area contributed by atoms with Gasteiger partial charge in [-0.1, -0.05) is 6.07 Å². The number of anilines is 2. The molecule has 3 aromatic heterocycles. The second-order valence-corrected chi connectivity index (χ2v) is 11.0. The minimum absolute atomic E-state index is 0.0510. The first-order valence-electron chi connectivity index (χ1n) is 11.4. The van der Waals surface area contributed by atoms with Crippen molar-refractivity contribution < 1.29 is 14.3 Å². The second-order valence-electron chi connectivity index (χ2n) is 7.91. The van der Waals surface area contributed by atoms with Gasteiger partial charge in [0.25, 0.3) is 0 Å². The van der Waals surface area contributed by atoms with Gasteiger partial charge in [-0.2, -0.15) is 10.5 Å². The Balaban J connectivity index is 1.50. The highest BCUT2D eigenvalue weighted by molar-refractivity contribution is 7.99. The molecule has 0 fully saturated rings. The number of hydrogen-bond acceptors (Lipinski definition) is 10. The summed E-state index contributed by atoms with van der Waals surface area (Å²) in [7, 11) is 0. The van der Waals surface area contributed by atoms with E-state index in [-0.39, 0.29) is 35.9 Å². The predicted octanol–water partition coefficient (Wildman–Crippen LogP) is 5.37. The van der Waals surface area contributed by atoms with Crippen molar-refractivity contribution in [2.75, 3.05) is 23.4 Å². The Morgan fingerprint density at radius 1 is 1.25 bits per heavy atom. The molecule has 0 radical (unpaired) electrons. The molecule has 0 aromatic carbocycles. The Kier molecular flexibility index (Phi) is 8.26. The lowest BCUT2D eigenvalue weighted by Gasteiger charge is -2.12. The molecular weight excluding hydrogens is 515 g/mol. The number of rotatable bonds is 8. The van der Waals surface area contributed by atoms with Crippen molar-refractivity contribution >= 4 is 57.1 Å². The summed E-state index contributed by atoms with van der Waals surface area (Å²) in [6.45, 7) is 2.03. The number of nitriles is 2. The third-order valence-corrected chi connectivity index (χ3v) is 8.73. The molecule has 184 valence electrons. The molecule has 3 N–H and O–H groups in total. The van der Waals surface area contributed by atoms with E-state index in [4.69, 9.17) is 10.5 Å². The van der Waals surface area contributed by atoms with Crippen LogP contribution in [0.3, 0.4) is 0 Å². The first-order chi connectivity index (χ1) is 17.5. The van der Waals surface area contributed by atoms with Crippen LogP contribution in [0.2, 0.25) is 0 Å². The van der Waals surface area contributed by atoms with Crippen molar-refractivity contribution in [2.24, 2.45) is 0 Å². The van der Waals surface area contributed by atoms with Crippen LogP contribution in [0.15, 0.2) is 22.5 Å². The fourth-order valence-electron chi connectivity index (χ4n) is 4.07. The number of nitrogens with two attached hydrogens (primary N) is 1. The van der Waals surface area contributed by atoms with Gasteiger partial charge in [0.2, 0.25) is 5.91 Å². The molecule has 11 heteroatoms. The molecule has 36 heavy (non-hydrogen) atoms. The number of ether oxygens (including phenoxy) is 1. The molecule has 3 aromatic rings. The molecule has 1 aliphatic carbocycles. The maximum absolute atomic E-state index is 12.8. The fourth-order valence-corrected chi connectivity index (χ4v) is 7.08. The van der Waals surface area contributed by atoms with Crippen LogP contribution in [0.25, 0.3) is 10.4 Å². The molecule has 4 rings (SSSR count). The van der Waals surface area contributed by atoms with E-state index in [2.05, 4.69) is 22.4 Å².